The molecule has 2 aromatic rings. The van der Waals surface area contributed by atoms with Gasteiger partial charge in [0.2, 0.25) is 0 Å². The van der Waals surface area contributed by atoms with Gasteiger partial charge >= 0.3 is 0 Å². The molecule has 3 rings (SSSR count). The van der Waals surface area contributed by atoms with Gasteiger partial charge in [-0.05, 0) is 57.6 Å². The van der Waals surface area contributed by atoms with Crippen molar-refractivity contribution in [2.75, 3.05) is 20.6 Å². The molecular formula is C17H26N4. The maximum absolute atomic E-state index is 4.59. The first-order chi connectivity index (χ1) is 10.3. The minimum absolute atomic E-state index is 0.729. The Morgan fingerprint density at radius 3 is 3.10 bits per heavy atom. The van der Waals surface area contributed by atoms with Gasteiger partial charge in [0, 0.05) is 36.9 Å². The first-order valence-electron chi connectivity index (χ1n) is 8.07. The van der Waals surface area contributed by atoms with E-state index in [1.807, 2.05) is 19.3 Å². The van der Waals surface area contributed by atoms with E-state index >= 15 is 0 Å². The summed E-state index contributed by atoms with van der Waals surface area (Å²) < 4.78 is 2.34. The molecule has 114 valence electrons. The van der Waals surface area contributed by atoms with Gasteiger partial charge in [0.05, 0.1) is 0 Å². The van der Waals surface area contributed by atoms with Gasteiger partial charge in [-0.2, -0.15) is 0 Å². The van der Waals surface area contributed by atoms with Crippen molar-refractivity contribution in [1.29, 1.82) is 0 Å². The smallest absolute Gasteiger partial charge is 0.140 e. The number of aromatic nitrogens is 2. The second-order valence-corrected chi connectivity index (χ2v) is 6.17. The largest absolute Gasteiger partial charge is 0.332 e. The highest BCUT2D eigenvalue weighted by molar-refractivity contribution is 5.80. The zero-order chi connectivity index (χ0) is 14.7. The predicted octanol–water partition coefficient (Wildman–Crippen LogP) is 2.63. The number of likely N-dealkylation sites (tertiary alicyclic amines) is 1. The summed E-state index contributed by atoms with van der Waals surface area (Å²) in [6.45, 7) is 3.21. The second kappa shape index (κ2) is 6.58. The zero-order valence-electron chi connectivity index (χ0n) is 13.2. The zero-order valence-corrected chi connectivity index (χ0v) is 13.2. The number of nitrogens with one attached hydrogen (secondary N) is 1. The lowest BCUT2D eigenvalue weighted by Gasteiger charge is -2.32. The average molecular weight is 286 g/mol. The lowest BCUT2D eigenvalue weighted by molar-refractivity contribution is 0.171. The summed E-state index contributed by atoms with van der Waals surface area (Å²) in [5.41, 5.74) is 2.47. The molecule has 0 aliphatic carbocycles. The van der Waals surface area contributed by atoms with Crippen LogP contribution in [-0.4, -0.2) is 41.1 Å². The molecule has 21 heavy (non-hydrogen) atoms. The van der Waals surface area contributed by atoms with Crippen LogP contribution in [0.4, 0.5) is 0 Å². The molecule has 0 saturated carbocycles. The fourth-order valence-electron chi connectivity index (χ4n) is 3.49. The maximum Gasteiger partial charge on any atom is 0.140 e. The topological polar surface area (TPSA) is 33.1 Å². The van der Waals surface area contributed by atoms with Gasteiger partial charge in [-0.25, -0.2) is 4.98 Å². The highest BCUT2D eigenvalue weighted by Crippen LogP contribution is 2.22. The van der Waals surface area contributed by atoms with Crippen LogP contribution in [0.2, 0.25) is 0 Å². The molecule has 1 saturated heterocycles. The molecule has 4 nitrogen and oxygen atoms in total. The molecule has 0 bridgehead atoms. The molecular weight excluding hydrogens is 260 g/mol. The van der Waals surface area contributed by atoms with Gasteiger partial charge in [0.15, 0.2) is 0 Å². The Kier molecular flexibility index (Phi) is 4.56. The molecule has 1 fully saturated rings. The summed E-state index contributed by atoms with van der Waals surface area (Å²) in [6.07, 6.45) is 9.46. The molecule has 0 spiro atoms. The molecule has 1 atom stereocenters. The molecule has 1 aliphatic heterocycles. The van der Waals surface area contributed by atoms with Crippen LogP contribution in [0.5, 0.6) is 0 Å². The summed E-state index contributed by atoms with van der Waals surface area (Å²) in [4.78, 5) is 7.11. The van der Waals surface area contributed by atoms with Gasteiger partial charge in [-0.1, -0.05) is 6.42 Å². The molecule has 0 radical (unpaired) electrons. The Labute approximate surface area is 127 Å². The third-order valence-corrected chi connectivity index (χ3v) is 4.71. The first kappa shape index (κ1) is 14.5. The van der Waals surface area contributed by atoms with Gasteiger partial charge in [0.25, 0.3) is 0 Å². The van der Waals surface area contributed by atoms with Crippen molar-refractivity contribution in [2.45, 2.75) is 44.8 Å². The number of aryl methyl sites for hydroxylation is 1. The summed E-state index contributed by atoms with van der Waals surface area (Å²) >= 11 is 0. The van der Waals surface area contributed by atoms with Crippen LogP contribution in [0, 0.1) is 0 Å². The van der Waals surface area contributed by atoms with Crippen molar-refractivity contribution in [2.24, 2.45) is 0 Å². The molecule has 0 aromatic carbocycles. The number of rotatable bonds is 5. The van der Waals surface area contributed by atoms with Crippen LogP contribution in [0.1, 0.15) is 31.2 Å². The lowest BCUT2D eigenvalue weighted by Crippen LogP contribution is -2.36. The van der Waals surface area contributed by atoms with Crippen LogP contribution >= 0.6 is 0 Å². The Bertz CT molecular complexity index is 589. The van der Waals surface area contributed by atoms with E-state index < -0.39 is 0 Å². The van der Waals surface area contributed by atoms with Gasteiger partial charge in [-0.15, -0.1) is 0 Å². The molecule has 2 aromatic heterocycles. The van der Waals surface area contributed by atoms with Crippen LogP contribution in [0.3, 0.4) is 0 Å². The van der Waals surface area contributed by atoms with Crippen molar-refractivity contribution in [1.82, 2.24) is 19.8 Å². The Morgan fingerprint density at radius 2 is 2.29 bits per heavy atom. The van der Waals surface area contributed by atoms with Crippen molar-refractivity contribution >= 4 is 11.0 Å². The van der Waals surface area contributed by atoms with Crippen molar-refractivity contribution in [3.8, 4) is 0 Å². The fraction of sp³-hybridized carbons (Fsp3) is 0.588. The van der Waals surface area contributed by atoms with E-state index in [0.717, 1.165) is 24.8 Å². The standard InChI is InChI=1S/C17H26N4/c1-18-12-14-13-21(17-16(14)7-5-9-19-17)11-8-15-6-3-4-10-20(15)2/h5,7,9,13,15,18H,3-4,6,8,10-12H2,1-2H3. The van der Waals surface area contributed by atoms with Gasteiger partial charge in [0.1, 0.15) is 5.65 Å². The van der Waals surface area contributed by atoms with Crippen LogP contribution in [-0.2, 0) is 13.1 Å². The van der Waals surface area contributed by atoms with E-state index in [4.69, 9.17) is 0 Å². The molecule has 1 N–H and O–H groups in total. The van der Waals surface area contributed by atoms with E-state index in [2.05, 4.69) is 39.1 Å². The number of pyridine rings is 1. The van der Waals surface area contributed by atoms with Crippen molar-refractivity contribution in [3.05, 3.63) is 30.1 Å². The highest BCUT2D eigenvalue weighted by atomic mass is 15.1. The predicted molar refractivity (Wildman–Crippen MR) is 87.4 cm³/mol. The Morgan fingerprint density at radius 1 is 1.38 bits per heavy atom. The summed E-state index contributed by atoms with van der Waals surface area (Å²) in [5, 5.41) is 4.53. The van der Waals surface area contributed by atoms with Gasteiger partial charge in [-0.3, -0.25) is 0 Å². The SMILES string of the molecule is CNCc1cn(CCC2CCCCN2C)c2ncccc12. The van der Waals surface area contributed by atoms with E-state index in [1.165, 1.54) is 43.2 Å². The van der Waals surface area contributed by atoms with Crippen LogP contribution < -0.4 is 5.32 Å². The number of hydrogen-bond acceptors (Lipinski definition) is 3. The Hall–Kier alpha value is -1.39. The molecule has 3 heterocycles. The quantitative estimate of drug-likeness (QED) is 0.917. The Balaban J connectivity index is 1.77. The normalized spacial score (nSPS) is 20.2. The minimum atomic E-state index is 0.729. The third-order valence-electron chi connectivity index (χ3n) is 4.71. The molecule has 0 amide bonds. The monoisotopic (exact) mass is 286 g/mol. The molecule has 1 aliphatic rings. The van der Waals surface area contributed by atoms with Crippen LogP contribution in [0.25, 0.3) is 11.0 Å². The lowest BCUT2D eigenvalue weighted by atomic mass is 10.0. The second-order valence-electron chi connectivity index (χ2n) is 6.17. The first-order valence-corrected chi connectivity index (χ1v) is 8.07. The van der Waals surface area contributed by atoms with E-state index in [9.17, 15) is 0 Å². The summed E-state index contributed by atoms with van der Waals surface area (Å²) in [6, 6.07) is 4.94. The van der Waals surface area contributed by atoms with Gasteiger partial charge < -0.3 is 14.8 Å². The van der Waals surface area contributed by atoms with E-state index in [0.29, 0.717) is 0 Å². The maximum atomic E-state index is 4.59. The molecule has 1 unspecified atom stereocenters. The number of hydrogen-bond donors (Lipinski definition) is 1. The molecule has 4 heteroatoms. The van der Waals surface area contributed by atoms with Crippen molar-refractivity contribution in [3.63, 3.8) is 0 Å². The van der Waals surface area contributed by atoms with Crippen LogP contribution in [0.15, 0.2) is 24.5 Å². The number of fused-ring (bicyclic) bond motifs is 1. The number of piperidine rings is 1. The van der Waals surface area contributed by atoms with E-state index in [-0.39, 0.29) is 0 Å². The fourth-order valence-corrected chi connectivity index (χ4v) is 3.49. The minimum Gasteiger partial charge on any atom is -0.332 e. The summed E-state index contributed by atoms with van der Waals surface area (Å²) in [7, 11) is 4.26. The number of nitrogens with zero attached hydrogens (tertiary/aromatic N) is 3. The average Bonchev–Trinajstić information content (AvgIpc) is 2.85. The van der Waals surface area contributed by atoms with E-state index in [1.54, 1.807) is 0 Å². The summed E-state index contributed by atoms with van der Waals surface area (Å²) in [5.74, 6) is 0. The highest BCUT2D eigenvalue weighted by Gasteiger charge is 2.19. The third kappa shape index (κ3) is 3.11. The van der Waals surface area contributed by atoms with Crippen molar-refractivity contribution < 1.29 is 0 Å².